The molecule has 1 N–H and O–H groups in total. The van der Waals surface area contributed by atoms with E-state index in [0.29, 0.717) is 13.0 Å². The Morgan fingerprint density at radius 1 is 1.37 bits per heavy atom. The number of nitrogens with one attached hydrogen (secondary N) is 1. The van der Waals surface area contributed by atoms with E-state index >= 15 is 0 Å². The van der Waals surface area contributed by atoms with E-state index in [0.717, 1.165) is 11.1 Å². The van der Waals surface area contributed by atoms with E-state index in [1.165, 1.54) is 4.90 Å². The van der Waals surface area contributed by atoms with Crippen LogP contribution in [0.4, 0.5) is 0 Å². The molecule has 2 unspecified atom stereocenters. The van der Waals surface area contributed by atoms with Crippen LogP contribution < -0.4 is 5.32 Å². The van der Waals surface area contributed by atoms with Gasteiger partial charge in [0.1, 0.15) is 0 Å². The van der Waals surface area contributed by atoms with E-state index in [9.17, 15) is 9.59 Å². The van der Waals surface area contributed by atoms with Gasteiger partial charge in [0, 0.05) is 18.9 Å². The third kappa shape index (κ3) is 2.68. The van der Waals surface area contributed by atoms with Gasteiger partial charge in [0.25, 0.3) is 0 Å². The van der Waals surface area contributed by atoms with Gasteiger partial charge in [-0.1, -0.05) is 31.2 Å². The van der Waals surface area contributed by atoms with Crippen LogP contribution in [0.5, 0.6) is 0 Å². The van der Waals surface area contributed by atoms with Gasteiger partial charge in [-0.3, -0.25) is 14.5 Å². The van der Waals surface area contributed by atoms with Gasteiger partial charge >= 0.3 is 0 Å². The quantitative estimate of drug-likeness (QED) is 0.837. The lowest BCUT2D eigenvalue weighted by Crippen LogP contribution is -2.38. The van der Waals surface area contributed by atoms with Crippen LogP contribution >= 0.6 is 0 Å². The number of nitrogens with zero attached hydrogens (tertiary/aromatic N) is 1. The number of hydrogen-bond acceptors (Lipinski definition) is 3. The molecule has 1 aromatic rings. The Balaban J connectivity index is 2.19. The average molecular weight is 260 g/mol. The van der Waals surface area contributed by atoms with Crippen LogP contribution in [-0.4, -0.2) is 30.3 Å². The van der Waals surface area contributed by atoms with Crippen LogP contribution in [0.3, 0.4) is 0 Å². The molecule has 2 amide bonds. The van der Waals surface area contributed by atoms with E-state index < -0.39 is 0 Å². The first-order valence-corrected chi connectivity index (χ1v) is 6.61. The van der Waals surface area contributed by atoms with Gasteiger partial charge in [-0.2, -0.15) is 0 Å². The van der Waals surface area contributed by atoms with Crippen LogP contribution in [0.25, 0.3) is 0 Å². The van der Waals surface area contributed by atoms with Crippen molar-refractivity contribution < 1.29 is 9.59 Å². The van der Waals surface area contributed by atoms with Gasteiger partial charge in [0.2, 0.25) is 11.8 Å². The third-order valence-electron chi connectivity index (χ3n) is 3.75. The second-order valence-corrected chi connectivity index (χ2v) is 5.15. The predicted octanol–water partition coefficient (Wildman–Crippen LogP) is 1.65. The first kappa shape index (κ1) is 13.7. The van der Waals surface area contributed by atoms with E-state index in [2.05, 4.69) is 5.32 Å². The molecule has 1 aromatic carbocycles. The number of rotatable bonds is 4. The van der Waals surface area contributed by atoms with Crippen LogP contribution in [0.1, 0.15) is 30.5 Å². The van der Waals surface area contributed by atoms with Crippen molar-refractivity contribution in [2.75, 3.05) is 13.6 Å². The number of likely N-dealkylation sites (N-methyl/N-ethyl adjacent to an activating group) is 1. The summed E-state index contributed by atoms with van der Waals surface area (Å²) in [5, 5.41) is 3.20. The average Bonchev–Trinajstić information content (AvgIpc) is 2.63. The van der Waals surface area contributed by atoms with Gasteiger partial charge in [0.05, 0.1) is 6.04 Å². The van der Waals surface area contributed by atoms with Crippen molar-refractivity contribution in [3.05, 3.63) is 35.4 Å². The lowest BCUT2D eigenvalue weighted by Gasteiger charge is -2.24. The highest BCUT2D eigenvalue weighted by atomic mass is 16.2. The van der Waals surface area contributed by atoms with Crippen molar-refractivity contribution in [2.45, 2.75) is 26.3 Å². The topological polar surface area (TPSA) is 49.4 Å². The molecular weight excluding hydrogens is 240 g/mol. The molecule has 2 rings (SSSR count). The van der Waals surface area contributed by atoms with Gasteiger partial charge in [-0.25, -0.2) is 0 Å². The first-order valence-electron chi connectivity index (χ1n) is 6.61. The second kappa shape index (κ2) is 5.53. The molecule has 1 fully saturated rings. The summed E-state index contributed by atoms with van der Waals surface area (Å²) in [4.78, 5) is 25.2. The lowest BCUT2D eigenvalue weighted by atomic mass is 10.0. The van der Waals surface area contributed by atoms with Gasteiger partial charge in [0.15, 0.2) is 0 Å². The fourth-order valence-corrected chi connectivity index (χ4v) is 2.55. The number of benzene rings is 1. The maximum absolute atomic E-state index is 12.0. The van der Waals surface area contributed by atoms with E-state index in [1.807, 2.05) is 45.2 Å². The minimum absolute atomic E-state index is 0.0144. The highest BCUT2D eigenvalue weighted by molar-refractivity contribution is 6.03. The van der Waals surface area contributed by atoms with Gasteiger partial charge < -0.3 is 5.32 Å². The predicted molar refractivity (Wildman–Crippen MR) is 73.5 cm³/mol. The number of aryl methyl sites for hydroxylation is 1. The van der Waals surface area contributed by atoms with Crippen LogP contribution in [0.15, 0.2) is 24.3 Å². The minimum Gasteiger partial charge on any atom is -0.312 e. The summed E-state index contributed by atoms with van der Waals surface area (Å²) >= 11 is 0. The Bertz CT molecular complexity index is 499. The van der Waals surface area contributed by atoms with E-state index in [4.69, 9.17) is 0 Å². The largest absolute Gasteiger partial charge is 0.312 e. The number of hydrogen-bond donors (Lipinski definition) is 1. The molecule has 4 heteroatoms. The summed E-state index contributed by atoms with van der Waals surface area (Å²) in [6.45, 7) is 4.25. The van der Waals surface area contributed by atoms with Gasteiger partial charge in [-0.05, 0) is 25.1 Å². The zero-order valence-electron chi connectivity index (χ0n) is 11.6. The molecule has 4 nitrogen and oxygen atoms in total. The molecule has 1 heterocycles. The molecule has 102 valence electrons. The Labute approximate surface area is 113 Å². The number of amides is 2. The van der Waals surface area contributed by atoms with E-state index in [1.54, 1.807) is 0 Å². The lowest BCUT2D eigenvalue weighted by molar-refractivity contribution is -0.139. The molecule has 0 aromatic heterocycles. The third-order valence-corrected chi connectivity index (χ3v) is 3.75. The molecule has 1 aliphatic rings. The molecule has 0 spiro atoms. The molecular formula is C15H20N2O2. The summed E-state index contributed by atoms with van der Waals surface area (Å²) in [6, 6.07) is 8.02. The van der Waals surface area contributed by atoms with E-state index in [-0.39, 0.29) is 23.8 Å². The van der Waals surface area contributed by atoms with Crippen molar-refractivity contribution in [1.82, 2.24) is 10.2 Å². The van der Waals surface area contributed by atoms with Crippen LogP contribution in [0, 0.1) is 12.8 Å². The van der Waals surface area contributed by atoms with Gasteiger partial charge in [-0.15, -0.1) is 0 Å². The maximum atomic E-state index is 12.0. The van der Waals surface area contributed by atoms with Crippen molar-refractivity contribution in [2.24, 2.45) is 5.92 Å². The smallest absolute Gasteiger partial charge is 0.232 e. The molecule has 0 saturated carbocycles. The molecule has 0 aliphatic carbocycles. The SMILES string of the molecule is CNC(CN1C(=O)CC(C)C1=O)c1ccccc1C. The fourth-order valence-electron chi connectivity index (χ4n) is 2.55. The van der Waals surface area contributed by atoms with Crippen molar-refractivity contribution in [3.63, 3.8) is 0 Å². The summed E-state index contributed by atoms with van der Waals surface area (Å²) in [7, 11) is 1.85. The zero-order valence-corrected chi connectivity index (χ0v) is 11.6. The fraction of sp³-hybridized carbons (Fsp3) is 0.467. The molecule has 1 saturated heterocycles. The standard InChI is InChI=1S/C15H20N2O2/c1-10-6-4-5-7-12(10)13(16-3)9-17-14(18)8-11(2)15(17)19/h4-7,11,13,16H,8-9H2,1-3H3. The maximum Gasteiger partial charge on any atom is 0.232 e. The second-order valence-electron chi connectivity index (χ2n) is 5.15. The zero-order chi connectivity index (χ0) is 14.0. The number of imide groups is 1. The minimum atomic E-state index is -0.179. The van der Waals surface area contributed by atoms with Crippen molar-refractivity contribution in [1.29, 1.82) is 0 Å². The van der Waals surface area contributed by atoms with Crippen molar-refractivity contribution in [3.8, 4) is 0 Å². The summed E-state index contributed by atoms with van der Waals surface area (Å²) < 4.78 is 0. The number of likely N-dealkylation sites (tertiary alicyclic amines) is 1. The summed E-state index contributed by atoms with van der Waals surface area (Å²) in [6.07, 6.45) is 0.336. The highest BCUT2D eigenvalue weighted by Crippen LogP contribution is 2.24. The molecule has 0 radical (unpaired) electrons. The molecule has 0 bridgehead atoms. The van der Waals surface area contributed by atoms with Crippen LogP contribution in [-0.2, 0) is 9.59 Å². The Morgan fingerprint density at radius 3 is 2.58 bits per heavy atom. The normalized spacial score (nSPS) is 21.0. The molecule has 19 heavy (non-hydrogen) atoms. The Kier molecular flexibility index (Phi) is 4.00. The summed E-state index contributed by atoms with van der Waals surface area (Å²) in [5.41, 5.74) is 2.29. The summed E-state index contributed by atoms with van der Waals surface area (Å²) in [5.74, 6) is -0.299. The number of carbonyl (C=O) groups is 2. The Morgan fingerprint density at radius 2 is 2.05 bits per heavy atom. The molecule has 2 atom stereocenters. The highest BCUT2D eigenvalue weighted by Gasteiger charge is 2.36. The van der Waals surface area contributed by atoms with Crippen LogP contribution in [0.2, 0.25) is 0 Å². The Hall–Kier alpha value is -1.68. The monoisotopic (exact) mass is 260 g/mol. The first-order chi connectivity index (χ1) is 9.04. The molecule has 1 aliphatic heterocycles. The van der Waals surface area contributed by atoms with Crippen molar-refractivity contribution >= 4 is 11.8 Å². The number of carbonyl (C=O) groups excluding carboxylic acids is 2.